The lowest BCUT2D eigenvalue weighted by Gasteiger charge is -2.41. The zero-order valence-electron chi connectivity index (χ0n) is 11.0. The van der Waals surface area contributed by atoms with Crippen molar-refractivity contribution < 1.29 is 9.59 Å². The van der Waals surface area contributed by atoms with Crippen LogP contribution in [0, 0.1) is 17.3 Å². The molecule has 0 bridgehead atoms. The maximum Gasteiger partial charge on any atom is 0.163 e. The van der Waals surface area contributed by atoms with Gasteiger partial charge in [0.25, 0.3) is 0 Å². The predicted octanol–water partition coefficient (Wildman–Crippen LogP) is 3.08. The molecule has 2 heteroatoms. The largest absolute Gasteiger partial charge is 0.294 e. The van der Waals surface area contributed by atoms with Gasteiger partial charge in [-0.1, -0.05) is 32.4 Å². The van der Waals surface area contributed by atoms with Gasteiger partial charge in [-0.05, 0) is 31.8 Å². The SMILES string of the molecule is CC1=CC[C@]2(C)C(=O)C=C(C(C)C)C(=O)[C@@H]2C1. The topological polar surface area (TPSA) is 34.1 Å². The van der Waals surface area contributed by atoms with Gasteiger partial charge in [0.15, 0.2) is 11.6 Å². The van der Waals surface area contributed by atoms with Crippen molar-refractivity contribution in [1.82, 2.24) is 0 Å². The van der Waals surface area contributed by atoms with E-state index in [1.54, 1.807) is 6.08 Å². The van der Waals surface area contributed by atoms with Gasteiger partial charge in [-0.2, -0.15) is 0 Å². The van der Waals surface area contributed by atoms with Crippen molar-refractivity contribution in [1.29, 1.82) is 0 Å². The Morgan fingerprint density at radius 2 is 2.00 bits per heavy atom. The number of Topliss-reactive ketones (excluding diaryl/α,β-unsaturated/α-hetero) is 1. The number of carbonyl (C=O) groups is 2. The van der Waals surface area contributed by atoms with Crippen LogP contribution < -0.4 is 0 Å². The molecule has 2 rings (SSSR count). The highest BCUT2D eigenvalue weighted by Gasteiger charge is 2.48. The molecule has 0 unspecified atom stereocenters. The number of rotatable bonds is 1. The molecule has 2 atom stereocenters. The lowest BCUT2D eigenvalue weighted by molar-refractivity contribution is -0.136. The summed E-state index contributed by atoms with van der Waals surface area (Å²) in [4.78, 5) is 24.7. The molecule has 0 saturated carbocycles. The van der Waals surface area contributed by atoms with Gasteiger partial charge in [-0.15, -0.1) is 0 Å². The summed E-state index contributed by atoms with van der Waals surface area (Å²) < 4.78 is 0. The molecule has 0 aliphatic heterocycles. The predicted molar refractivity (Wildman–Crippen MR) is 67.5 cm³/mol. The molecular formula is C15H20O2. The third-order valence-electron chi connectivity index (χ3n) is 4.24. The zero-order chi connectivity index (χ0) is 12.8. The number of ketones is 2. The first kappa shape index (κ1) is 12.3. The van der Waals surface area contributed by atoms with Crippen LogP contribution in [-0.4, -0.2) is 11.6 Å². The molecule has 0 fully saturated rings. The van der Waals surface area contributed by atoms with Crippen molar-refractivity contribution in [2.45, 2.75) is 40.5 Å². The molecule has 0 aromatic carbocycles. The van der Waals surface area contributed by atoms with Crippen molar-refractivity contribution in [3.05, 3.63) is 23.3 Å². The summed E-state index contributed by atoms with van der Waals surface area (Å²) >= 11 is 0. The van der Waals surface area contributed by atoms with Crippen LogP contribution in [0.4, 0.5) is 0 Å². The summed E-state index contributed by atoms with van der Waals surface area (Å²) in [6.07, 6.45) is 5.15. The maximum absolute atomic E-state index is 12.4. The van der Waals surface area contributed by atoms with E-state index in [-0.39, 0.29) is 23.4 Å². The molecule has 0 aromatic rings. The van der Waals surface area contributed by atoms with Gasteiger partial charge < -0.3 is 0 Å². The van der Waals surface area contributed by atoms with E-state index in [9.17, 15) is 9.59 Å². The first-order chi connectivity index (χ1) is 7.86. The third-order valence-corrected chi connectivity index (χ3v) is 4.24. The Bertz CT molecular complexity index is 440. The molecule has 2 aliphatic carbocycles. The number of fused-ring (bicyclic) bond motifs is 1. The Morgan fingerprint density at radius 1 is 1.35 bits per heavy atom. The fourth-order valence-corrected chi connectivity index (χ4v) is 2.84. The van der Waals surface area contributed by atoms with E-state index in [4.69, 9.17) is 0 Å². The molecule has 2 aliphatic rings. The minimum atomic E-state index is -0.491. The highest BCUT2D eigenvalue weighted by molar-refractivity contribution is 6.12. The Hall–Kier alpha value is -1.18. The van der Waals surface area contributed by atoms with Crippen molar-refractivity contribution in [2.75, 3.05) is 0 Å². The molecule has 0 saturated heterocycles. The molecule has 2 nitrogen and oxygen atoms in total. The van der Waals surface area contributed by atoms with Crippen LogP contribution >= 0.6 is 0 Å². The molecule has 0 N–H and O–H groups in total. The third kappa shape index (κ3) is 1.80. The van der Waals surface area contributed by atoms with Crippen molar-refractivity contribution in [2.24, 2.45) is 17.3 Å². The second-order valence-corrected chi connectivity index (χ2v) is 5.91. The number of hydrogen-bond donors (Lipinski definition) is 0. The monoisotopic (exact) mass is 232 g/mol. The standard InChI is InChI=1S/C15H20O2/c1-9(2)11-8-13(16)15(4)6-5-10(3)7-12(15)14(11)17/h5,8-9,12H,6-7H2,1-4H3/t12-,15-/m0/s1. The van der Waals surface area contributed by atoms with E-state index in [2.05, 4.69) is 6.08 Å². The molecule has 0 aromatic heterocycles. The van der Waals surface area contributed by atoms with Crippen LogP contribution in [-0.2, 0) is 9.59 Å². The molecule has 0 spiro atoms. The van der Waals surface area contributed by atoms with Crippen LogP contribution in [0.3, 0.4) is 0 Å². The Morgan fingerprint density at radius 3 is 2.59 bits per heavy atom. The van der Waals surface area contributed by atoms with Crippen LogP contribution in [0.5, 0.6) is 0 Å². The lowest BCUT2D eigenvalue weighted by Crippen LogP contribution is -2.45. The Balaban J connectivity index is 2.46. The molecule has 17 heavy (non-hydrogen) atoms. The van der Waals surface area contributed by atoms with Crippen LogP contribution in [0.1, 0.15) is 40.5 Å². The minimum Gasteiger partial charge on any atom is -0.294 e. The summed E-state index contributed by atoms with van der Waals surface area (Å²) in [6, 6.07) is 0. The average Bonchev–Trinajstić information content (AvgIpc) is 2.26. The van der Waals surface area contributed by atoms with E-state index < -0.39 is 5.41 Å². The van der Waals surface area contributed by atoms with Crippen LogP contribution in [0.2, 0.25) is 0 Å². The van der Waals surface area contributed by atoms with Gasteiger partial charge in [-0.3, -0.25) is 9.59 Å². The molecular weight excluding hydrogens is 212 g/mol. The highest BCUT2D eigenvalue weighted by Crippen LogP contribution is 2.46. The van der Waals surface area contributed by atoms with Gasteiger partial charge in [0, 0.05) is 16.9 Å². The molecule has 0 radical (unpaired) electrons. The molecule has 0 amide bonds. The van der Waals surface area contributed by atoms with Crippen LogP contribution in [0.25, 0.3) is 0 Å². The smallest absolute Gasteiger partial charge is 0.163 e. The molecule has 0 heterocycles. The number of carbonyl (C=O) groups excluding carboxylic acids is 2. The summed E-state index contributed by atoms with van der Waals surface area (Å²) in [5.41, 5.74) is 1.46. The van der Waals surface area contributed by atoms with E-state index in [0.29, 0.717) is 12.0 Å². The van der Waals surface area contributed by atoms with Gasteiger partial charge in [0.2, 0.25) is 0 Å². The maximum atomic E-state index is 12.4. The Kier molecular flexibility index (Phi) is 2.84. The van der Waals surface area contributed by atoms with Gasteiger partial charge in [0.05, 0.1) is 0 Å². The van der Waals surface area contributed by atoms with Crippen molar-refractivity contribution >= 4 is 11.6 Å². The summed E-state index contributed by atoms with van der Waals surface area (Å²) in [5, 5.41) is 0. The Labute approximate surface area is 103 Å². The van der Waals surface area contributed by atoms with Gasteiger partial charge in [-0.25, -0.2) is 0 Å². The first-order valence-corrected chi connectivity index (χ1v) is 6.32. The summed E-state index contributed by atoms with van der Waals surface area (Å²) in [7, 11) is 0. The fourth-order valence-electron chi connectivity index (χ4n) is 2.84. The zero-order valence-corrected chi connectivity index (χ0v) is 11.0. The highest BCUT2D eigenvalue weighted by atomic mass is 16.1. The average molecular weight is 232 g/mol. The van der Waals surface area contributed by atoms with E-state index in [0.717, 1.165) is 6.42 Å². The van der Waals surface area contributed by atoms with Crippen LogP contribution in [0.15, 0.2) is 23.3 Å². The van der Waals surface area contributed by atoms with Crippen molar-refractivity contribution in [3.8, 4) is 0 Å². The number of hydrogen-bond acceptors (Lipinski definition) is 2. The van der Waals surface area contributed by atoms with Gasteiger partial charge in [0.1, 0.15) is 0 Å². The minimum absolute atomic E-state index is 0.134. The van der Waals surface area contributed by atoms with E-state index >= 15 is 0 Å². The normalized spacial score (nSPS) is 33.4. The molecule has 92 valence electrons. The van der Waals surface area contributed by atoms with E-state index in [1.165, 1.54) is 5.57 Å². The van der Waals surface area contributed by atoms with E-state index in [1.807, 2.05) is 27.7 Å². The summed E-state index contributed by atoms with van der Waals surface area (Å²) in [6.45, 7) is 7.94. The first-order valence-electron chi connectivity index (χ1n) is 6.32. The second kappa shape index (κ2) is 3.94. The fraction of sp³-hybridized carbons (Fsp3) is 0.600. The number of allylic oxidation sites excluding steroid dienone is 4. The second-order valence-electron chi connectivity index (χ2n) is 5.91. The van der Waals surface area contributed by atoms with Crippen molar-refractivity contribution in [3.63, 3.8) is 0 Å². The summed E-state index contributed by atoms with van der Waals surface area (Å²) in [5.74, 6) is 0.328. The van der Waals surface area contributed by atoms with Gasteiger partial charge >= 0.3 is 0 Å². The quantitative estimate of drug-likeness (QED) is 0.651. The lowest BCUT2D eigenvalue weighted by atomic mass is 9.60.